The third kappa shape index (κ3) is 3.81. The number of amides is 2. The highest BCUT2D eigenvalue weighted by Gasteiger charge is 2.24. The van der Waals surface area contributed by atoms with Crippen LogP contribution in [0.5, 0.6) is 0 Å². The van der Waals surface area contributed by atoms with Crippen LogP contribution in [0.4, 0.5) is 21.9 Å². The first-order valence-corrected chi connectivity index (χ1v) is 7.74. The molecule has 7 heteroatoms. The first kappa shape index (κ1) is 15.8. The molecular formula is C17H18N4O3. The second-order valence-corrected chi connectivity index (χ2v) is 5.67. The zero-order valence-electron chi connectivity index (χ0n) is 13.0. The zero-order valence-corrected chi connectivity index (χ0v) is 13.0. The van der Waals surface area contributed by atoms with Crippen molar-refractivity contribution in [2.45, 2.75) is 12.5 Å². The lowest BCUT2D eigenvalue weighted by atomic mass is 10.2. The summed E-state index contributed by atoms with van der Waals surface area (Å²) in [5, 5.41) is 16.3. The Morgan fingerprint density at radius 2 is 1.83 bits per heavy atom. The molecule has 0 aliphatic carbocycles. The van der Waals surface area contributed by atoms with Crippen LogP contribution < -0.4 is 15.5 Å². The van der Waals surface area contributed by atoms with Gasteiger partial charge in [0.15, 0.2) is 0 Å². The van der Waals surface area contributed by atoms with Gasteiger partial charge in [0.05, 0.1) is 4.92 Å². The Morgan fingerprint density at radius 1 is 1.12 bits per heavy atom. The summed E-state index contributed by atoms with van der Waals surface area (Å²) in [4.78, 5) is 24.4. The topological polar surface area (TPSA) is 87.5 Å². The Morgan fingerprint density at radius 3 is 2.50 bits per heavy atom. The molecule has 2 amide bonds. The number of carbonyl (C=O) groups is 1. The first-order chi connectivity index (χ1) is 11.6. The Hall–Kier alpha value is -3.09. The number of nitrogens with one attached hydrogen (secondary N) is 2. The molecule has 7 nitrogen and oxygen atoms in total. The highest BCUT2D eigenvalue weighted by atomic mass is 16.6. The predicted molar refractivity (Wildman–Crippen MR) is 92.3 cm³/mol. The van der Waals surface area contributed by atoms with Crippen molar-refractivity contribution in [1.29, 1.82) is 0 Å². The number of non-ortho nitro benzene ring substituents is 1. The Kier molecular flexibility index (Phi) is 4.60. The number of hydrogen-bond donors (Lipinski definition) is 2. The highest BCUT2D eigenvalue weighted by molar-refractivity contribution is 5.89. The van der Waals surface area contributed by atoms with E-state index < -0.39 is 4.92 Å². The van der Waals surface area contributed by atoms with Crippen LogP contribution in [0, 0.1) is 10.1 Å². The SMILES string of the molecule is O=C(Nc1ccc([N+](=O)[O-])cc1)NC1CCN(c2ccccc2)C1. The minimum Gasteiger partial charge on any atom is -0.369 e. The molecule has 1 saturated heterocycles. The number of nitro benzene ring substituents is 1. The van der Waals surface area contributed by atoms with Gasteiger partial charge in [0, 0.05) is 42.6 Å². The maximum Gasteiger partial charge on any atom is 0.319 e. The van der Waals surface area contributed by atoms with Crippen LogP contribution in [-0.2, 0) is 0 Å². The molecule has 2 aromatic carbocycles. The molecule has 1 unspecified atom stereocenters. The van der Waals surface area contributed by atoms with Crippen LogP contribution in [0.1, 0.15) is 6.42 Å². The van der Waals surface area contributed by atoms with Crippen LogP contribution in [0.15, 0.2) is 54.6 Å². The van der Waals surface area contributed by atoms with E-state index in [1.807, 2.05) is 18.2 Å². The van der Waals surface area contributed by atoms with Gasteiger partial charge in [-0.3, -0.25) is 10.1 Å². The summed E-state index contributed by atoms with van der Waals surface area (Å²) in [6.07, 6.45) is 0.878. The van der Waals surface area contributed by atoms with Gasteiger partial charge in [-0.25, -0.2) is 4.79 Å². The molecule has 0 radical (unpaired) electrons. The monoisotopic (exact) mass is 326 g/mol. The lowest BCUT2D eigenvalue weighted by molar-refractivity contribution is -0.384. The van der Waals surface area contributed by atoms with Gasteiger partial charge in [0.1, 0.15) is 0 Å². The maximum atomic E-state index is 12.1. The maximum absolute atomic E-state index is 12.1. The van der Waals surface area contributed by atoms with Crippen molar-refractivity contribution in [3.63, 3.8) is 0 Å². The quantitative estimate of drug-likeness (QED) is 0.668. The van der Waals surface area contributed by atoms with Gasteiger partial charge in [-0.1, -0.05) is 18.2 Å². The number of urea groups is 1. The summed E-state index contributed by atoms with van der Waals surface area (Å²) in [7, 11) is 0. The molecule has 1 atom stereocenters. The molecule has 2 aromatic rings. The number of nitro groups is 1. The fourth-order valence-electron chi connectivity index (χ4n) is 2.77. The van der Waals surface area contributed by atoms with Gasteiger partial charge < -0.3 is 15.5 Å². The third-order valence-electron chi connectivity index (χ3n) is 3.98. The van der Waals surface area contributed by atoms with Crippen LogP contribution in [0.3, 0.4) is 0 Å². The Bertz CT molecular complexity index is 718. The third-order valence-corrected chi connectivity index (χ3v) is 3.98. The van der Waals surface area contributed by atoms with Crippen molar-refractivity contribution in [2.24, 2.45) is 0 Å². The molecule has 1 heterocycles. The minimum atomic E-state index is -0.472. The molecular weight excluding hydrogens is 308 g/mol. The zero-order chi connectivity index (χ0) is 16.9. The first-order valence-electron chi connectivity index (χ1n) is 7.74. The van der Waals surface area contributed by atoms with Crippen molar-refractivity contribution in [3.05, 3.63) is 64.7 Å². The van der Waals surface area contributed by atoms with Gasteiger partial charge in [-0.15, -0.1) is 0 Å². The van der Waals surface area contributed by atoms with E-state index in [0.717, 1.165) is 25.2 Å². The number of carbonyl (C=O) groups excluding carboxylic acids is 1. The minimum absolute atomic E-state index is 0.00439. The van der Waals surface area contributed by atoms with E-state index in [2.05, 4.69) is 27.7 Å². The molecule has 2 N–H and O–H groups in total. The second-order valence-electron chi connectivity index (χ2n) is 5.67. The van der Waals surface area contributed by atoms with Gasteiger partial charge in [-0.2, -0.15) is 0 Å². The van der Waals surface area contributed by atoms with E-state index in [1.165, 1.54) is 24.3 Å². The van der Waals surface area contributed by atoms with Crippen LogP contribution >= 0.6 is 0 Å². The van der Waals surface area contributed by atoms with Crippen molar-refractivity contribution in [3.8, 4) is 0 Å². The highest BCUT2D eigenvalue weighted by Crippen LogP contribution is 2.20. The van der Waals surface area contributed by atoms with Crippen LogP contribution in [0.2, 0.25) is 0 Å². The summed E-state index contributed by atoms with van der Waals surface area (Å²) in [6, 6.07) is 15.6. The fraction of sp³-hybridized carbons (Fsp3) is 0.235. The van der Waals surface area contributed by atoms with Gasteiger partial charge in [0.2, 0.25) is 0 Å². The van der Waals surface area contributed by atoms with E-state index in [0.29, 0.717) is 5.69 Å². The molecule has 124 valence electrons. The fourth-order valence-corrected chi connectivity index (χ4v) is 2.77. The molecule has 3 rings (SSSR count). The number of nitrogens with zero attached hydrogens (tertiary/aromatic N) is 2. The molecule has 0 spiro atoms. The number of benzene rings is 2. The van der Waals surface area contributed by atoms with E-state index in [1.54, 1.807) is 0 Å². The summed E-state index contributed by atoms with van der Waals surface area (Å²) in [5.41, 5.74) is 1.67. The van der Waals surface area contributed by atoms with Crippen molar-refractivity contribution >= 4 is 23.1 Å². The molecule has 0 bridgehead atoms. The summed E-state index contributed by atoms with van der Waals surface area (Å²) < 4.78 is 0. The second kappa shape index (κ2) is 6.99. The van der Waals surface area contributed by atoms with Crippen molar-refractivity contribution in [2.75, 3.05) is 23.3 Å². The Labute approximate surface area is 139 Å². The number of rotatable bonds is 4. The molecule has 24 heavy (non-hydrogen) atoms. The van der Waals surface area contributed by atoms with E-state index >= 15 is 0 Å². The van der Waals surface area contributed by atoms with Crippen LogP contribution in [-0.4, -0.2) is 30.1 Å². The van der Waals surface area contributed by atoms with E-state index in [4.69, 9.17) is 0 Å². The average molecular weight is 326 g/mol. The summed E-state index contributed by atoms with van der Waals surface area (Å²) in [6.45, 7) is 1.66. The molecule has 0 saturated carbocycles. The lowest BCUT2D eigenvalue weighted by Gasteiger charge is -2.19. The molecule has 1 aliphatic rings. The normalized spacial score (nSPS) is 16.7. The van der Waals surface area contributed by atoms with Gasteiger partial charge in [0.25, 0.3) is 5.69 Å². The van der Waals surface area contributed by atoms with E-state index in [-0.39, 0.29) is 17.8 Å². The number of anilines is 2. The lowest BCUT2D eigenvalue weighted by Crippen LogP contribution is -2.39. The van der Waals surface area contributed by atoms with Crippen molar-refractivity contribution < 1.29 is 9.72 Å². The van der Waals surface area contributed by atoms with Crippen molar-refractivity contribution in [1.82, 2.24) is 5.32 Å². The summed E-state index contributed by atoms with van der Waals surface area (Å²) in [5.74, 6) is 0. The predicted octanol–water partition coefficient (Wildman–Crippen LogP) is 3.00. The van der Waals surface area contributed by atoms with Gasteiger partial charge >= 0.3 is 6.03 Å². The molecule has 1 aliphatic heterocycles. The summed E-state index contributed by atoms with van der Waals surface area (Å²) >= 11 is 0. The van der Waals surface area contributed by atoms with Crippen LogP contribution in [0.25, 0.3) is 0 Å². The standard InChI is InChI=1S/C17H18N4O3/c22-17(18-13-6-8-16(9-7-13)21(23)24)19-14-10-11-20(12-14)15-4-2-1-3-5-15/h1-9,14H,10-12H2,(H2,18,19,22). The molecule has 0 aromatic heterocycles. The smallest absolute Gasteiger partial charge is 0.319 e. The van der Waals surface area contributed by atoms with Gasteiger partial charge in [-0.05, 0) is 30.7 Å². The molecule has 1 fully saturated rings. The largest absolute Gasteiger partial charge is 0.369 e. The average Bonchev–Trinajstić information content (AvgIpc) is 3.04. The van der Waals surface area contributed by atoms with E-state index in [9.17, 15) is 14.9 Å². The number of para-hydroxylation sites is 1. The number of hydrogen-bond acceptors (Lipinski definition) is 4. The Balaban J connectivity index is 1.51.